The number of rotatable bonds is 12. The molecule has 5 rings (SSSR count). The van der Waals surface area contributed by atoms with E-state index in [0.29, 0.717) is 44.0 Å². The van der Waals surface area contributed by atoms with E-state index in [2.05, 4.69) is 19.2 Å². The van der Waals surface area contributed by atoms with E-state index < -0.39 is 6.04 Å². The van der Waals surface area contributed by atoms with Crippen LogP contribution in [0.15, 0.2) is 97.1 Å². The maximum atomic E-state index is 13.9. The van der Waals surface area contributed by atoms with Crippen LogP contribution in [0.25, 0.3) is 10.8 Å². The van der Waals surface area contributed by atoms with Gasteiger partial charge < -0.3 is 15.1 Å². The number of hydrogen-bond acceptors (Lipinski definition) is 3. The van der Waals surface area contributed by atoms with Gasteiger partial charge in [-0.3, -0.25) is 14.4 Å². The smallest absolute Gasteiger partial charge is 0.258 e. The van der Waals surface area contributed by atoms with Crippen LogP contribution < -0.4 is 10.2 Å². The number of hydrogen-bond donors (Lipinski definition) is 1. The molecule has 1 atom stereocenters. The van der Waals surface area contributed by atoms with Gasteiger partial charge in [0.05, 0.1) is 5.69 Å². The molecule has 1 unspecified atom stereocenters. The molecule has 0 saturated heterocycles. The Labute approximate surface area is 242 Å². The Hall–Kier alpha value is -4.45. The van der Waals surface area contributed by atoms with E-state index in [0.717, 1.165) is 27.6 Å². The average Bonchev–Trinajstić information content (AvgIpc) is 3.26. The van der Waals surface area contributed by atoms with Crippen LogP contribution in [0, 0.1) is 5.92 Å². The second-order valence-electron chi connectivity index (χ2n) is 11.1. The highest BCUT2D eigenvalue weighted by atomic mass is 16.2. The van der Waals surface area contributed by atoms with Gasteiger partial charge in [0.15, 0.2) is 0 Å². The SMILES string of the molecule is CC(C)CNC(=O)C(Cc1ccccc1)N(Cc1ccccc1)C(=O)CCCN1C(=O)c2cccc3cccc1c23. The fourth-order valence-corrected chi connectivity index (χ4v) is 5.49. The van der Waals surface area contributed by atoms with Crippen LogP contribution in [-0.4, -0.2) is 41.8 Å². The molecule has 41 heavy (non-hydrogen) atoms. The maximum absolute atomic E-state index is 13.9. The normalized spacial score (nSPS) is 13.0. The molecule has 0 saturated carbocycles. The average molecular weight is 548 g/mol. The minimum absolute atomic E-state index is 0.0274. The van der Waals surface area contributed by atoms with Gasteiger partial charge in [0.25, 0.3) is 5.91 Å². The van der Waals surface area contributed by atoms with Crippen molar-refractivity contribution < 1.29 is 14.4 Å². The molecule has 4 aromatic rings. The molecule has 1 N–H and O–H groups in total. The number of carbonyl (C=O) groups is 3. The maximum Gasteiger partial charge on any atom is 0.258 e. The highest BCUT2D eigenvalue weighted by molar-refractivity contribution is 6.25. The summed E-state index contributed by atoms with van der Waals surface area (Å²) in [5, 5.41) is 5.08. The van der Waals surface area contributed by atoms with E-state index in [9.17, 15) is 14.4 Å². The van der Waals surface area contributed by atoms with Crippen molar-refractivity contribution in [3.05, 3.63) is 114 Å². The van der Waals surface area contributed by atoms with Crippen molar-refractivity contribution in [2.45, 2.75) is 45.7 Å². The van der Waals surface area contributed by atoms with Gasteiger partial charge in [0.1, 0.15) is 6.04 Å². The molecule has 0 radical (unpaired) electrons. The predicted molar refractivity (Wildman–Crippen MR) is 164 cm³/mol. The Bertz CT molecular complexity index is 1510. The first-order valence-electron chi connectivity index (χ1n) is 14.4. The summed E-state index contributed by atoms with van der Waals surface area (Å²) in [6.07, 6.45) is 1.14. The molecule has 0 fully saturated rings. The van der Waals surface area contributed by atoms with Crippen LogP contribution in [0.1, 0.15) is 48.2 Å². The molecule has 0 aromatic heterocycles. The minimum atomic E-state index is -0.657. The summed E-state index contributed by atoms with van der Waals surface area (Å²) in [5.74, 6) is 0.0158. The molecule has 6 nitrogen and oxygen atoms in total. The molecule has 210 valence electrons. The first-order chi connectivity index (χ1) is 19.9. The predicted octanol–water partition coefficient (Wildman–Crippen LogP) is 5.99. The van der Waals surface area contributed by atoms with Gasteiger partial charge in [-0.25, -0.2) is 0 Å². The molecule has 6 heteroatoms. The Morgan fingerprint density at radius 3 is 2.17 bits per heavy atom. The fourth-order valence-electron chi connectivity index (χ4n) is 5.49. The highest BCUT2D eigenvalue weighted by Crippen LogP contribution is 2.37. The number of nitrogens with one attached hydrogen (secondary N) is 1. The van der Waals surface area contributed by atoms with Gasteiger partial charge in [-0.2, -0.15) is 0 Å². The van der Waals surface area contributed by atoms with Gasteiger partial charge in [0.2, 0.25) is 11.8 Å². The molecular formula is C35H37N3O3. The molecule has 0 bridgehead atoms. The van der Waals surface area contributed by atoms with Crippen LogP contribution >= 0.6 is 0 Å². The quantitative estimate of drug-likeness (QED) is 0.237. The highest BCUT2D eigenvalue weighted by Gasteiger charge is 2.32. The molecule has 3 amide bonds. The van der Waals surface area contributed by atoms with E-state index in [1.807, 2.05) is 97.1 Å². The lowest BCUT2D eigenvalue weighted by molar-refractivity contribution is -0.141. The summed E-state index contributed by atoms with van der Waals surface area (Å²) in [5.41, 5.74) is 3.57. The zero-order valence-corrected chi connectivity index (χ0v) is 23.8. The lowest BCUT2D eigenvalue weighted by Gasteiger charge is -2.32. The van der Waals surface area contributed by atoms with Gasteiger partial charge in [0, 0.05) is 43.4 Å². The van der Waals surface area contributed by atoms with Crippen LogP contribution in [-0.2, 0) is 22.6 Å². The first kappa shape index (κ1) is 28.1. The Morgan fingerprint density at radius 2 is 1.49 bits per heavy atom. The molecule has 1 aliphatic heterocycles. The Morgan fingerprint density at radius 1 is 0.829 bits per heavy atom. The lowest BCUT2D eigenvalue weighted by Crippen LogP contribution is -2.51. The van der Waals surface area contributed by atoms with E-state index >= 15 is 0 Å². The molecule has 0 aliphatic carbocycles. The molecule has 1 aliphatic rings. The van der Waals surface area contributed by atoms with E-state index in [-0.39, 0.29) is 24.1 Å². The monoisotopic (exact) mass is 547 g/mol. The van der Waals surface area contributed by atoms with Gasteiger partial charge in [-0.15, -0.1) is 0 Å². The third-order valence-corrected chi connectivity index (χ3v) is 7.57. The number of anilines is 1. The van der Waals surface area contributed by atoms with Crippen molar-refractivity contribution in [3.8, 4) is 0 Å². The van der Waals surface area contributed by atoms with E-state index in [4.69, 9.17) is 0 Å². The van der Waals surface area contributed by atoms with Crippen molar-refractivity contribution >= 4 is 34.2 Å². The van der Waals surface area contributed by atoms with Crippen LogP contribution in [0.5, 0.6) is 0 Å². The second-order valence-corrected chi connectivity index (χ2v) is 11.1. The van der Waals surface area contributed by atoms with Crippen molar-refractivity contribution in [2.24, 2.45) is 5.92 Å². The lowest BCUT2D eigenvalue weighted by atomic mass is 10.0. The molecule has 1 heterocycles. The molecule has 0 spiro atoms. The second kappa shape index (κ2) is 12.8. The third kappa shape index (κ3) is 6.49. The zero-order chi connectivity index (χ0) is 28.8. The van der Waals surface area contributed by atoms with Gasteiger partial charge >= 0.3 is 0 Å². The topological polar surface area (TPSA) is 69.7 Å². The fraction of sp³-hybridized carbons (Fsp3) is 0.286. The summed E-state index contributed by atoms with van der Waals surface area (Å²) in [4.78, 5) is 44.3. The van der Waals surface area contributed by atoms with Crippen LogP contribution in [0.3, 0.4) is 0 Å². The largest absolute Gasteiger partial charge is 0.354 e. The summed E-state index contributed by atoms with van der Waals surface area (Å²) in [6.45, 7) is 5.41. The van der Waals surface area contributed by atoms with Crippen molar-refractivity contribution in [3.63, 3.8) is 0 Å². The van der Waals surface area contributed by atoms with E-state index in [1.165, 1.54) is 0 Å². The summed E-state index contributed by atoms with van der Waals surface area (Å²) >= 11 is 0. The number of amides is 3. The minimum Gasteiger partial charge on any atom is -0.354 e. The van der Waals surface area contributed by atoms with Crippen LogP contribution in [0.2, 0.25) is 0 Å². The van der Waals surface area contributed by atoms with Crippen molar-refractivity contribution in [1.82, 2.24) is 10.2 Å². The van der Waals surface area contributed by atoms with Crippen molar-refractivity contribution in [2.75, 3.05) is 18.0 Å². The first-order valence-corrected chi connectivity index (χ1v) is 14.4. The number of carbonyl (C=O) groups excluding carboxylic acids is 3. The summed E-state index contributed by atoms with van der Waals surface area (Å²) in [7, 11) is 0. The Balaban J connectivity index is 1.35. The molecular weight excluding hydrogens is 510 g/mol. The summed E-state index contributed by atoms with van der Waals surface area (Å²) in [6, 6.07) is 30.7. The van der Waals surface area contributed by atoms with Crippen molar-refractivity contribution in [1.29, 1.82) is 0 Å². The van der Waals surface area contributed by atoms with Gasteiger partial charge in [-0.1, -0.05) is 98.8 Å². The number of benzene rings is 4. The van der Waals surface area contributed by atoms with Crippen LogP contribution in [0.4, 0.5) is 5.69 Å². The van der Waals surface area contributed by atoms with E-state index in [1.54, 1.807) is 9.80 Å². The Kier molecular flexibility index (Phi) is 8.78. The van der Waals surface area contributed by atoms with Gasteiger partial charge in [-0.05, 0) is 41.0 Å². The molecule has 4 aromatic carbocycles. The zero-order valence-electron chi connectivity index (χ0n) is 23.8. The summed E-state index contributed by atoms with van der Waals surface area (Å²) < 4.78 is 0. The third-order valence-electron chi connectivity index (χ3n) is 7.57. The number of nitrogens with zero attached hydrogens (tertiary/aromatic N) is 2. The standard InChI is InChI=1S/C35H37N3O3/c1-25(2)23-36-34(40)31(22-26-12-5-3-6-13-26)38(24-27-14-7-4-8-15-27)32(39)20-11-21-37-30-19-10-17-28-16-9-18-29(33(28)30)35(37)41/h3-10,12-19,25,31H,11,20-24H2,1-2H3,(H,36,40).